The Bertz CT molecular complexity index is 268. The van der Waals surface area contributed by atoms with E-state index in [2.05, 4.69) is 10.3 Å². The van der Waals surface area contributed by atoms with Gasteiger partial charge >= 0.3 is 0 Å². The Hall–Kier alpha value is -0.800. The summed E-state index contributed by atoms with van der Waals surface area (Å²) in [6, 6.07) is 3.56. The van der Waals surface area contributed by atoms with Crippen LogP contribution in [0.15, 0.2) is 18.3 Å². The normalized spacial score (nSPS) is 12.5. The van der Waals surface area contributed by atoms with Crippen LogP contribution in [0.1, 0.15) is 6.92 Å². The highest BCUT2D eigenvalue weighted by Crippen LogP contribution is 2.17. The number of aromatic nitrogens is 1. The molecular weight excluding hydrogens is 188 g/mol. The van der Waals surface area contributed by atoms with Crippen molar-refractivity contribution in [3.8, 4) is 0 Å². The molecule has 0 bridgehead atoms. The predicted octanol–water partition coefficient (Wildman–Crippen LogP) is 1.78. The molecule has 1 rings (SSSR count). The fourth-order valence-corrected chi connectivity index (χ4v) is 1.04. The lowest BCUT2D eigenvalue weighted by molar-refractivity contribution is 0.244. The lowest BCUT2D eigenvalue weighted by atomic mass is 10.2. The molecular formula is C9H13ClN2O. The average Bonchev–Trinajstić information content (AvgIpc) is 2.16. The van der Waals surface area contributed by atoms with Gasteiger partial charge in [-0.15, -0.1) is 0 Å². The molecule has 2 N–H and O–H groups in total. The maximum Gasteiger partial charge on any atom is 0.144 e. The molecule has 0 aliphatic heterocycles. The van der Waals surface area contributed by atoms with Gasteiger partial charge in [-0.3, -0.25) is 0 Å². The van der Waals surface area contributed by atoms with Crippen molar-refractivity contribution >= 4 is 17.4 Å². The van der Waals surface area contributed by atoms with E-state index >= 15 is 0 Å². The zero-order chi connectivity index (χ0) is 9.68. The van der Waals surface area contributed by atoms with E-state index in [0.29, 0.717) is 17.4 Å². The molecule has 0 saturated carbocycles. The van der Waals surface area contributed by atoms with E-state index < -0.39 is 0 Å². The fraction of sp³-hybridized carbons (Fsp3) is 0.444. The highest BCUT2D eigenvalue weighted by Gasteiger charge is 2.02. The summed E-state index contributed by atoms with van der Waals surface area (Å²) in [5.41, 5.74) is 0. The van der Waals surface area contributed by atoms with Gasteiger partial charge in [0.2, 0.25) is 0 Å². The van der Waals surface area contributed by atoms with Gasteiger partial charge in [-0.2, -0.15) is 0 Å². The van der Waals surface area contributed by atoms with E-state index in [0.717, 1.165) is 0 Å². The second-order valence-corrected chi connectivity index (χ2v) is 3.41. The van der Waals surface area contributed by atoms with Crippen LogP contribution < -0.4 is 5.32 Å². The van der Waals surface area contributed by atoms with Gasteiger partial charge in [-0.1, -0.05) is 18.5 Å². The Balaban J connectivity index is 2.50. The molecule has 72 valence electrons. The first-order chi connectivity index (χ1) is 6.24. The van der Waals surface area contributed by atoms with E-state index in [-0.39, 0.29) is 12.5 Å². The molecule has 13 heavy (non-hydrogen) atoms. The Morgan fingerprint density at radius 3 is 3.08 bits per heavy atom. The third kappa shape index (κ3) is 3.20. The van der Waals surface area contributed by atoms with Crippen LogP contribution in [0.2, 0.25) is 5.02 Å². The number of halogens is 1. The topological polar surface area (TPSA) is 45.1 Å². The molecule has 1 aromatic heterocycles. The summed E-state index contributed by atoms with van der Waals surface area (Å²) in [5, 5.41) is 12.5. The first-order valence-electron chi connectivity index (χ1n) is 4.19. The molecule has 1 unspecified atom stereocenters. The average molecular weight is 201 g/mol. The van der Waals surface area contributed by atoms with Crippen molar-refractivity contribution in [1.82, 2.24) is 4.98 Å². The van der Waals surface area contributed by atoms with Crippen LogP contribution in [-0.4, -0.2) is 23.2 Å². The molecule has 0 aromatic carbocycles. The van der Waals surface area contributed by atoms with Gasteiger partial charge in [-0.05, 0) is 18.1 Å². The summed E-state index contributed by atoms with van der Waals surface area (Å²) in [6.45, 7) is 2.79. The Morgan fingerprint density at radius 1 is 1.69 bits per heavy atom. The lowest BCUT2D eigenvalue weighted by Crippen LogP contribution is -2.15. The van der Waals surface area contributed by atoms with Crippen LogP contribution in [-0.2, 0) is 0 Å². The Kier molecular flexibility index (Phi) is 3.99. The second-order valence-electron chi connectivity index (χ2n) is 3.00. The smallest absolute Gasteiger partial charge is 0.144 e. The molecule has 0 aliphatic carbocycles. The van der Waals surface area contributed by atoms with Gasteiger partial charge in [0, 0.05) is 19.3 Å². The third-order valence-electron chi connectivity index (χ3n) is 1.69. The van der Waals surface area contributed by atoms with E-state index in [9.17, 15) is 0 Å². The van der Waals surface area contributed by atoms with Gasteiger partial charge in [0.1, 0.15) is 5.82 Å². The molecule has 1 atom stereocenters. The van der Waals surface area contributed by atoms with Crippen LogP contribution in [0, 0.1) is 5.92 Å². The highest BCUT2D eigenvalue weighted by molar-refractivity contribution is 6.32. The Morgan fingerprint density at radius 2 is 2.46 bits per heavy atom. The van der Waals surface area contributed by atoms with Gasteiger partial charge in [-0.25, -0.2) is 4.98 Å². The maximum absolute atomic E-state index is 8.79. The summed E-state index contributed by atoms with van der Waals surface area (Å²) in [5.74, 6) is 0.877. The summed E-state index contributed by atoms with van der Waals surface area (Å²) in [4.78, 5) is 4.06. The molecule has 0 radical (unpaired) electrons. The molecule has 1 aromatic rings. The number of hydrogen-bond acceptors (Lipinski definition) is 3. The van der Waals surface area contributed by atoms with Crippen molar-refractivity contribution in [3.63, 3.8) is 0 Å². The second kappa shape index (κ2) is 5.04. The standard InChI is InChI=1S/C9H13ClN2O/c1-7(6-13)5-12-9-8(10)3-2-4-11-9/h2-4,7,13H,5-6H2,1H3,(H,11,12). The zero-order valence-corrected chi connectivity index (χ0v) is 8.25. The third-order valence-corrected chi connectivity index (χ3v) is 1.99. The minimum absolute atomic E-state index is 0.164. The molecule has 3 nitrogen and oxygen atoms in total. The molecule has 0 fully saturated rings. The van der Waals surface area contributed by atoms with Gasteiger partial charge in [0.15, 0.2) is 0 Å². The molecule has 0 aliphatic rings. The van der Waals surface area contributed by atoms with Gasteiger partial charge < -0.3 is 10.4 Å². The molecule has 0 amide bonds. The van der Waals surface area contributed by atoms with E-state index in [1.54, 1.807) is 18.3 Å². The highest BCUT2D eigenvalue weighted by atomic mass is 35.5. The van der Waals surface area contributed by atoms with Crippen molar-refractivity contribution in [2.75, 3.05) is 18.5 Å². The predicted molar refractivity (Wildman–Crippen MR) is 54.0 cm³/mol. The number of aliphatic hydroxyl groups is 1. The quantitative estimate of drug-likeness (QED) is 0.779. The lowest BCUT2D eigenvalue weighted by Gasteiger charge is -2.10. The molecule has 0 spiro atoms. The SMILES string of the molecule is CC(CO)CNc1ncccc1Cl. The number of nitrogens with zero attached hydrogens (tertiary/aromatic N) is 1. The summed E-state index contributed by atoms with van der Waals surface area (Å²) in [6.07, 6.45) is 1.68. The van der Waals surface area contributed by atoms with Crippen LogP contribution in [0.4, 0.5) is 5.82 Å². The molecule has 4 heteroatoms. The van der Waals surface area contributed by atoms with Crippen molar-refractivity contribution in [2.45, 2.75) is 6.92 Å². The fourth-order valence-electron chi connectivity index (χ4n) is 0.851. The first-order valence-corrected chi connectivity index (χ1v) is 4.57. The summed E-state index contributed by atoms with van der Waals surface area (Å²) < 4.78 is 0. The van der Waals surface area contributed by atoms with Gasteiger partial charge in [0.05, 0.1) is 5.02 Å². The Labute approximate surface area is 82.8 Å². The number of nitrogens with one attached hydrogen (secondary N) is 1. The summed E-state index contributed by atoms with van der Waals surface area (Å²) in [7, 11) is 0. The number of hydrogen-bond donors (Lipinski definition) is 2. The minimum Gasteiger partial charge on any atom is -0.396 e. The van der Waals surface area contributed by atoms with Crippen molar-refractivity contribution in [1.29, 1.82) is 0 Å². The van der Waals surface area contributed by atoms with Crippen LogP contribution in [0.3, 0.4) is 0 Å². The monoisotopic (exact) mass is 200 g/mol. The van der Waals surface area contributed by atoms with Crippen LogP contribution in [0.25, 0.3) is 0 Å². The molecule has 1 heterocycles. The number of rotatable bonds is 4. The summed E-state index contributed by atoms with van der Waals surface area (Å²) >= 11 is 5.86. The van der Waals surface area contributed by atoms with Crippen molar-refractivity contribution in [3.05, 3.63) is 23.4 Å². The zero-order valence-electron chi connectivity index (χ0n) is 7.50. The van der Waals surface area contributed by atoms with E-state index in [4.69, 9.17) is 16.7 Å². The number of aliphatic hydroxyl groups excluding tert-OH is 1. The number of anilines is 1. The first kappa shape index (κ1) is 10.3. The number of pyridine rings is 1. The van der Waals surface area contributed by atoms with Gasteiger partial charge in [0.25, 0.3) is 0 Å². The van der Waals surface area contributed by atoms with E-state index in [1.165, 1.54) is 0 Å². The largest absolute Gasteiger partial charge is 0.396 e. The van der Waals surface area contributed by atoms with Crippen molar-refractivity contribution in [2.24, 2.45) is 5.92 Å². The maximum atomic E-state index is 8.79. The van der Waals surface area contributed by atoms with E-state index in [1.807, 2.05) is 6.92 Å². The van der Waals surface area contributed by atoms with Crippen molar-refractivity contribution < 1.29 is 5.11 Å². The van der Waals surface area contributed by atoms with Crippen LogP contribution in [0.5, 0.6) is 0 Å². The minimum atomic E-state index is 0.164. The van der Waals surface area contributed by atoms with Crippen LogP contribution >= 0.6 is 11.6 Å². The molecule has 0 saturated heterocycles.